The summed E-state index contributed by atoms with van der Waals surface area (Å²) in [6, 6.07) is 7.60. The van der Waals surface area contributed by atoms with Crippen molar-refractivity contribution in [1.29, 1.82) is 0 Å². The number of piperazine rings is 1. The van der Waals surface area contributed by atoms with E-state index >= 15 is 0 Å². The lowest BCUT2D eigenvalue weighted by Crippen LogP contribution is -2.51. The maximum atomic E-state index is 11.8. The number of rotatable bonds is 6. The normalized spacial score (nSPS) is 19.7. The largest absolute Gasteiger partial charge is 0.471 e. The average Bonchev–Trinajstić information content (AvgIpc) is 3.43. The molecular formula is C27H32N2O5. The Hall–Kier alpha value is -2.71. The smallest absolute Gasteiger partial charge is 0.338 e. The van der Waals surface area contributed by atoms with Gasteiger partial charge in [0.25, 0.3) is 0 Å². The molecule has 3 aromatic rings. The Morgan fingerprint density at radius 3 is 2.53 bits per heavy atom. The predicted octanol–water partition coefficient (Wildman–Crippen LogP) is 3.28. The van der Waals surface area contributed by atoms with Crippen molar-refractivity contribution in [2.75, 3.05) is 39.3 Å². The first-order chi connectivity index (χ1) is 16.2. The van der Waals surface area contributed by atoms with Gasteiger partial charge in [0.15, 0.2) is 0 Å². The first-order valence-electron chi connectivity index (χ1n) is 11.9. The van der Waals surface area contributed by atoms with Crippen LogP contribution >= 0.6 is 0 Å². The maximum Gasteiger partial charge on any atom is 0.338 e. The summed E-state index contributed by atoms with van der Waals surface area (Å²) in [6.07, 6.45) is 2.84. The molecule has 2 aliphatic heterocycles. The van der Waals surface area contributed by atoms with E-state index in [-0.39, 0.29) is 12.6 Å². The number of aryl methyl sites for hydroxylation is 1. The van der Waals surface area contributed by atoms with Gasteiger partial charge in [0.2, 0.25) is 0 Å². The highest BCUT2D eigenvalue weighted by Crippen LogP contribution is 2.32. The highest BCUT2D eigenvalue weighted by Gasteiger charge is 2.31. The van der Waals surface area contributed by atoms with E-state index in [0.717, 1.165) is 64.8 Å². The van der Waals surface area contributed by atoms with Gasteiger partial charge < -0.3 is 19.4 Å². The summed E-state index contributed by atoms with van der Waals surface area (Å²) in [5.41, 5.74) is 4.29. The molecule has 2 aliphatic rings. The van der Waals surface area contributed by atoms with Gasteiger partial charge in [-0.1, -0.05) is 18.2 Å². The van der Waals surface area contributed by atoms with Crippen LogP contribution in [0.4, 0.5) is 0 Å². The van der Waals surface area contributed by atoms with Crippen LogP contribution in [0.1, 0.15) is 51.2 Å². The van der Waals surface area contributed by atoms with Gasteiger partial charge in [-0.05, 0) is 49.1 Å². The fourth-order valence-electron chi connectivity index (χ4n) is 5.49. The van der Waals surface area contributed by atoms with Crippen LogP contribution in [0.3, 0.4) is 0 Å². The minimum Gasteiger partial charge on any atom is -0.471 e. The zero-order valence-corrected chi connectivity index (χ0v) is 20.0. The van der Waals surface area contributed by atoms with E-state index in [9.17, 15) is 15.0 Å². The van der Waals surface area contributed by atoms with Gasteiger partial charge in [-0.2, -0.15) is 0 Å². The van der Waals surface area contributed by atoms with E-state index in [1.807, 2.05) is 39.0 Å². The zero-order valence-electron chi connectivity index (χ0n) is 20.0. The number of hydrogen-bond donors (Lipinski definition) is 2. The van der Waals surface area contributed by atoms with Crippen LogP contribution in [-0.4, -0.2) is 65.3 Å². The summed E-state index contributed by atoms with van der Waals surface area (Å²) in [7, 11) is 0. The molecule has 2 N–H and O–H groups in total. The van der Waals surface area contributed by atoms with Crippen molar-refractivity contribution >= 4 is 16.7 Å². The molecule has 1 aromatic heterocycles. The number of esters is 1. The topological polar surface area (TPSA) is 86.4 Å². The van der Waals surface area contributed by atoms with E-state index in [1.54, 1.807) is 18.6 Å². The quantitative estimate of drug-likeness (QED) is 0.542. The second-order valence-electron chi connectivity index (χ2n) is 9.86. The Morgan fingerprint density at radius 2 is 1.76 bits per heavy atom. The summed E-state index contributed by atoms with van der Waals surface area (Å²) >= 11 is 0. The first kappa shape index (κ1) is 23.1. The number of nitrogens with zero attached hydrogens (tertiary/aromatic N) is 2. The van der Waals surface area contributed by atoms with Crippen LogP contribution in [0, 0.1) is 13.8 Å². The molecule has 5 rings (SSSR count). The van der Waals surface area contributed by atoms with Crippen molar-refractivity contribution < 1.29 is 24.2 Å². The number of furan rings is 1. The fraction of sp³-hybridized carbons (Fsp3) is 0.444. The van der Waals surface area contributed by atoms with Gasteiger partial charge in [0.05, 0.1) is 29.8 Å². The molecule has 0 amide bonds. The van der Waals surface area contributed by atoms with Crippen LogP contribution in [0.5, 0.6) is 0 Å². The maximum absolute atomic E-state index is 11.8. The molecule has 0 bridgehead atoms. The van der Waals surface area contributed by atoms with Crippen LogP contribution < -0.4 is 0 Å². The van der Waals surface area contributed by atoms with Crippen molar-refractivity contribution in [3.8, 4) is 0 Å². The summed E-state index contributed by atoms with van der Waals surface area (Å²) < 4.78 is 10.5. The molecule has 180 valence electrons. The SMILES string of the molecule is Cc1c([C@H](O)CN2CCN(CC(C)(O)c3ccc4cocc4c3C)CC2)ccc2c1COC2=O. The van der Waals surface area contributed by atoms with E-state index in [2.05, 4.69) is 9.80 Å². The molecule has 2 atom stereocenters. The Morgan fingerprint density at radius 1 is 1.03 bits per heavy atom. The van der Waals surface area contributed by atoms with Gasteiger partial charge in [-0.15, -0.1) is 0 Å². The lowest BCUT2D eigenvalue weighted by molar-refractivity contribution is -0.00530. The first-order valence-corrected chi connectivity index (χ1v) is 11.9. The number of hydrogen-bond acceptors (Lipinski definition) is 7. The van der Waals surface area contributed by atoms with Crippen LogP contribution in [0.25, 0.3) is 10.8 Å². The number of benzene rings is 2. The van der Waals surface area contributed by atoms with Gasteiger partial charge in [-0.3, -0.25) is 9.80 Å². The summed E-state index contributed by atoms with van der Waals surface area (Å²) in [6.45, 7) is 10.5. The number of cyclic esters (lactones) is 1. The minimum absolute atomic E-state index is 0.284. The van der Waals surface area contributed by atoms with Crippen molar-refractivity contribution in [2.24, 2.45) is 0 Å². The van der Waals surface area contributed by atoms with E-state index in [1.165, 1.54) is 0 Å². The summed E-state index contributed by atoms with van der Waals surface area (Å²) in [4.78, 5) is 16.3. The number of β-amino-alcohol motifs (C(OH)–C–C–N with tert-alkyl or cyclic N) is 2. The third-order valence-electron chi connectivity index (χ3n) is 7.50. The Bertz CT molecular complexity index is 1220. The highest BCUT2D eigenvalue weighted by atomic mass is 16.5. The Kier molecular flexibility index (Phi) is 5.98. The number of aliphatic hydroxyl groups is 2. The third-order valence-corrected chi connectivity index (χ3v) is 7.50. The molecule has 7 nitrogen and oxygen atoms in total. The molecule has 0 spiro atoms. The summed E-state index contributed by atoms with van der Waals surface area (Å²) in [5.74, 6) is -0.286. The lowest BCUT2D eigenvalue weighted by atomic mass is 9.89. The molecule has 1 fully saturated rings. The second kappa shape index (κ2) is 8.82. The number of carbonyl (C=O) groups excluding carboxylic acids is 1. The standard InChI is InChI=1S/C27H32N2O5/c1-17-20(5-6-21-23(17)15-34-26(21)31)25(30)12-28-8-10-29(11-9-28)16-27(3,32)24-7-4-19-13-33-14-22(19)18(24)2/h4-7,13-14,25,30,32H,8-12,15-16H2,1-3H3/t25-,27?/m1/s1. The van der Waals surface area contributed by atoms with Crippen molar-refractivity contribution in [3.63, 3.8) is 0 Å². The number of carbonyl (C=O) groups is 1. The Balaban J connectivity index is 1.20. The monoisotopic (exact) mass is 464 g/mol. The van der Waals surface area contributed by atoms with Gasteiger partial charge in [-0.25, -0.2) is 4.79 Å². The predicted molar refractivity (Wildman–Crippen MR) is 129 cm³/mol. The Labute approximate surface area is 199 Å². The van der Waals surface area contributed by atoms with Gasteiger partial charge >= 0.3 is 5.97 Å². The molecule has 1 unspecified atom stereocenters. The molecule has 34 heavy (non-hydrogen) atoms. The van der Waals surface area contributed by atoms with Gasteiger partial charge in [0, 0.05) is 55.6 Å². The molecule has 3 heterocycles. The molecule has 0 saturated carbocycles. The average molecular weight is 465 g/mol. The summed E-state index contributed by atoms with van der Waals surface area (Å²) in [5, 5.41) is 24.3. The second-order valence-corrected chi connectivity index (χ2v) is 9.86. The molecule has 0 aliphatic carbocycles. The number of ether oxygens (including phenoxy) is 1. The van der Waals surface area contributed by atoms with E-state index in [0.29, 0.717) is 18.7 Å². The fourth-order valence-corrected chi connectivity index (χ4v) is 5.49. The molecule has 0 radical (unpaired) electrons. The number of aliphatic hydroxyl groups excluding tert-OH is 1. The minimum atomic E-state index is -0.974. The number of fused-ring (bicyclic) bond motifs is 2. The van der Waals surface area contributed by atoms with E-state index < -0.39 is 11.7 Å². The van der Waals surface area contributed by atoms with E-state index in [4.69, 9.17) is 9.15 Å². The highest BCUT2D eigenvalue weighted by molar-refractivity contribution is 5.94. The van der Waals surface area contributed by atoms with Crippen molar-refractivity contribution in [3.05, 3.63) is 70.2 Å². The third kappa shape index (κ3) is 4.14. The van der Waals surface area contributed by atoms with Crippen LogP contribution in [0.2, 0.25) is 0 Å². The molecule has 1 saturated heterocycles. The lowest BCUT2D eigenvalue weighted by Gasteiger charge is -2.39. The van der Waals surface area contributed by atoms with Crippen molar-refractivity contribution in [2.45, 2.75) is 39.1 Å². The van der Waals surface area contributed by atoms with Crippen LogP contribution in [-0.2, 0) is 16.9 Å². The van der Waals surface area contributed by atoms with Crippen molar-refractivity contribution in [1.82, 2.24) is 9.80 Å². The molecular weight excluding hydrogens is 432 g/mol. The van der Waals surface area contributed by atoms with Gasteiger partial charge in [0.1, 0.15) is 6.61 Å². The molecule has 2 aromatic carbocycles. The zero-order chi connectivity index (χ0) is 24.0. The van der Waals surface area contributed by atoms with Crippen LogP contribution in [0.15, 0.2) is 41.2 Å². The molecule has 7 heteroatoms.